The van der Waals surface area contributed by atoms with E-state index in [-0.39, 0.29) is 18.5 Å². The van der Waals surface area contributed by atoms with Gasteiger partial charge >= 0.3 is 11.9 Å². The van der Waals surface area contributed by atoms with Crippen LogP contribution in [0.5, 0.6) is 0 Å². The molecule has 0 heterocycles. The van der Waals surface area contributed by atoms with Crippen LogP contribution >= 0.6 is 15.9 Å². The summed E-state index contributed by atoms with van der Waals surface area (Å²) in [5.41, 5.74) is 1.77. The molecule has 0 radical (unpaired) electrons. The van der Waals surface area contributed by atoms with Crippen LogP contribution in [0, 0.1) is 0 Å². The van der Waals surface area contributed by atoms with Crippen LogP contribution in [0.2, 0.25) is 0 Å². The smallest absolute Gasteiger partial charge is 0.338 e. The van der Waals surface area contributed by atoms with Crippen molar-refractivity contribution in [2.24, 2.45) is 0 Å². The Balaban J connectivity index is 1.92. The Hall–Kier alpha value is -2.14. The van der Waals surface area contributed by atoms with E-state index in [2.05, 4.69) is 15.9 Å². The monoisotopic (exact) mass is 362 g/mol. The van der Waals surface area contributed by atoms with E-state index >= 15 is 0 Å². The summed E-state index contributed by atoms with van der Waals surface area (Å²) in [5, 5.41) is 0. The van der Waals surface area contributed by atoms with Gasteiger partial charge < -0.3 is 9.47 Å². The van der Waals surface area contributed by atoms with E-state index in [1.807, 2.05) is 0 Å². The van der Waals surface area contributed by atoms with Gasteiger partial charge in [0.25, 0.3) is 0 Å². The van der Waals surface area contributed by atoms with Crippen molar-refractivity contribution in [3.8, 4) is 0 Å². The Morgan fingerprint density at radius 3 is 1.91 bits per heavy atom. The number of rotatable bonds is 5. The van der Waals surface area contributed by atoms with E-state index in [1.54, 1.807) is 55.5 Å². The number of esters is 2. The van der Waals surface area contributed by atoms with Gasteiger partial charge in [-0.3, -0.25) is 0 Å². The molecule has 0 aliphatic heterocycles. The highest BCUT2D eigenvalue weighted by Crippen LogP contribution is 2.13. The minimum atomic E-state index is -0.387. The molecule has 0 aliphatic rings. The predicted octanol–water partition coefficient (Wildman–Crippen LogP) is 3.98. The Kier molecular flexibility index (Phi) is 5.72. The van der Waals surface area contributed by atoms with E-state index < -0.39 is 0 Å². The van der Waals surface area contributed by atoms with Gasteiger partial charge in [-0.25, -0.2) is 9.59 Å². The molecule has 2 aromatic carbocycles. The minimum Gasteiger partial charge on any atom is -0.462 e. The van der Waals surface area contributed by atoms with Gasteiger partial charge in [0.2, 0.25) is 0 Å². The molecular formula is C17H15BrO4. The lowest BCUT2D eigenvalue weighted by Gasteiger charge is -2.06. The lowest BCUT2D eigenvalue weighted by Crippen LogP contribution is -2.06. The number of hydrogen-bond donors (Lipinski definition) is 0. The molecule has 0 saturated heterocycles. The fourth-order valence-electron chi connectivity index (χ4n) is 1.77. The summed E-state index contributed by atoms with van der Waals surface area (Å²) in [7, 11) is 0. The molecule has 0 N–H and O–H groups in total. The molecule has 0 atom stereocenters. The van der Waals surface area contributed by atoms with Crippen LogP contribution in [0.4, 0.5) is 0 Å². The molecule has 0 aliphatic carbocycles. The van der Waals surface area contributed by atoms with Crippen molar-refractivity contribution in [1.29, 1.82) is 0 Å². The van der Waals surface area contributed by atoms with Crippen molar-refractivity contribution in [1.82, 2.24) is 0 Å². The molecule has 2 aromatic rings. The second-order valence-corrected chi connectivity index (χ2v) is 5.42. The van der Waals surface area contributed by atoms with Gasteiger partial charge in [0.05, 0.1) is 17.7 Å². The second kappa shape index (κ2) is 7.75. The molecule has 0 aromatic heterocycles. The number of hydrogen-bond acceptors (Lipinski definition) is 4. The zero-order chi connectivity index (χ0) is 15.9. The molecule has 0 spiro atoms. The van der Waals surface area contributed by atoms with Gasteiger partial charge in [0.15, 0.2) is 0 Å². The van der Waals surface area contributed by atoms with E-state index in [4.69, 9.17) is 9.47 Å². The van der Waals surface area contributed by atoms with Crippen LogP contribution in [0.15, 0.2) is 53.0 Å². The number of ether oxygens (including phenoxy) is 2. The van der Waals surface area contributed by atoms with E-state index in [1.165, 1.54) is 0 Å². The Bertz CT molecular complexity index is 647. The molecule has 0 unspecified atom stereocenters. The highest BCUT2D eigenvalue weighted by atomic mass is 79.9. The molecule has 114 valence electrons. The second-order valence-electron chi connectivity index (χ2n) is 4.50. The number of carbonyl (C=O) groups is 2. The molecule has 22 heavy (non-hydrogen) atoms. The van der Waals surface area contributed by atoms with E-state index in [0.29, 0.717) is 17.7 Å². The highest BCUT2D eigenvalue weighted by molar-refractivity contribution is 9.10. The van der Waals surface area contributed by atoms with Crippen molar-refractivity contribution < 1.29 is 19.1 Å². The third-order valence-electron chi connectivity index (χ3n) is 2.91. The Morgan fingerprint density at radius 1 is 0.864 bits per heavy atom. The average Bonchev–Trinajstić information content (AvgIpc) is 2.54. The molecule has 0 fully saturated rings. The fourth-order valence-corrected chi connectivity index (χ4v) is 2.03. The average molecular weight is 363 g/mol. The maximum Gasteiger partial charge on any atom is 0.338 e. The lowest BCUT2D eigenvalue weighted by atomic mass is 10.1. The lowest BCUT2D eigenvalue weighted by molar-refractivity contribution is 0.0469. The first kappa shape index (κ1) is 16.2. The van der Waals surface area contributed by atoms with Gasteiger partial charge in [-0.1, -0.05) is 28.1 Å². The first-order valence-corrected chi connectivity index (χ1v) is 7.58. The van der Waals surface area contributed by atoms with E-state index in [9.17, 15) is 9.59 Å². The molecule has 2 rings (SSSR count). The summed E-state index contributed by atoms with van der Waals surface area (Å²) in [5.74, 6) is -0.747. The zero-order valence-corrected chi connectivity index (χ0v) is 13.6. The first-order chi connectivity index (χ1) is 10.6. The maximum absolute atomic E-state index is 11.9. The first-order valence-electron chi connectivity index (χ1n) is 6.79. The van der Waals surface area contributed by atoms with Crippen molar-refractivity contribution in [2.45, 2.75) is 13.5 Å². The third kappa shape index (κ3) is 4.43. The van der Waals surface area contributed by atoms with Gasteiger partial charge in [0, 0.05) is 4.47 Å². The zero-order valence-electron chi connectivity index (χ0n) is 12.0. The molecule has 0 saturated carbocycles. The minimum absolute atomic E-state index is 0.151. The Morgan fingerprint density at radius 2 is 1.36 bits per heavy atom. The fraction of sp³-hybridized carbons (Fsp3) is 0.176. The summed E-state index contributed by atoms with van der Waals surface area (Å²) in [6.45, 7) is 2.25. The van der Waals surface area contributed by atoms with E-state index in [0.717, 1.165) is 10.0 Å². The normalized spacial score (nSPS) is 10.1. The van der Waals surface area contributed by atoms with Gasteiger partial charge in [0.1, 0.15) is 6.61 Å². The van der Waals surface area contributed by atoms with Crippen molar-refractivity contribution in [3.63, 3.8) is 0 Å². The van der Waals surface area contributed by atoms with Gasteiger partial charge in [-0.2, -0.15) is 0 Å². The molecule has 0 bridgehead atoms. The molecule has 4 nitrogen and oxygen atoms in total. The maximum atomic E-state index is 11.9. The van der Waals surface area contributed by atoms with Crippen LogP contribution in [0.1, 0.15) is 33.2 Å². The SMILES string of the molecule is CCOC(=O)c1ccc(COC(=O)c2ccc(Br)cc2)cc1. The molecule has 0 amide bonds. The predicted molar refractivity (Wildman–Crippen MR) is 85.7 cm³/mol. The summed E-state index contributed by atoms with van der Waals surface area (Å²) in [6.07, 6.45) is 0. The number of benzene rings is 2. The summed E-state index contributed by atoms with van der Waals surface area (Å²) < 4.78 is 11.0. The topological polar surface area (TPSA) is 52.6 Å². The van der Waals surface area contributed by atoms with Crippen LogP contribution in [0.25, 0.3) is 0 Å². The van der Waals surface area contributed by atoms with Gasteiger partial charge in [-0.15, -0.1) is 0 Å². The van der Waals surface area contributed by atoms with Crippen LogP contribution in [-0.4, -0.2) is 18.5 Å². The highest BCUT2D eigenvalue weighted by Gasteiger charge is 2.08. The van der Waals surface area contributed by atoms with Crippen molar-refractivity contribution in [2.75, 3.05) is 6.61 Å². The van der Waals surface area contributed by atoms with Crippen LogP contribution in [0.3, 0.4) is 0 Å². The number of carbonyl (C=O) groups excluding carboxylic acids is 2. The third-order valence-corrected chi connectivity index (χ3v) is 3.44. The Labute approximate surface area is 137 Å². The molecule has 5 heteroatoms. The van der Waals surface area contributed by atoms with Gasteiger partial charge in [-0.05, 0) is 48.9 Å². The largest absolute Gasteiger partial charge is 0.462 e. The molecular weight excluding hydrogens is 348 g/mol. The van der Waals surface area contributed by atoms with Crippen LogP contribution in [-0.2, 0) is 16.1 Å². The summed E-state index contributed by atoms with van der Waals surface area (Å²) >= 11 is 3.31. The van der Waals surface area contributed by atoms with Crippen LogP contribution < -0.4 is 0 Å². The summed E-state index contributed by atoms with van der Waals surface area (Å²) in [6, 6.07) is 13.7. The number of halogens is 1. The summed E-state index contributed by atoms with van der Waals surface area (Å²) in [4.78, 5) is 23.4. The quantitative estimate of drug-likeness (QED) is 0.754. The standard InChI is InChI=1S/C17H15BrO4/c1-2-21-16(19)13-5-3-12(4-6-13)11-22-17(20)14-7-9-15(18)10-8-14/h3-10H,2,11H2,1H3. The van der Waals surface area contributed by atoms with Crippen molar-refractivity contribution in [3.05, 3.63) is 69.7 Å². The van der Waals surface area contributed by atoms with Crippen molar-refractivity contribution >= 4 is 27.9 Å².